The molecule has 0 bridgehead atoms. The lowest BCUT2D eigenvalue weighted by molar-refractivity contribution is 0.0677. The molecule has 0 heterocycles. The van der Waals surface area contributed by atoms with Crippen molar-refractivity contribution in [1.82, 2.24) is 0 Å². The smallest absolute Gasteiger partial charge is 0.340 e. The van der Waals surface area contributed by atoms with Crippen LogP contribution in [-0.4, -0.2) is 29.3 Å². The van der Waals surface area contributed by atoms with Crippen molar-refractivity contribution >= 4 is 24.1 Å². The maximum absolute atomic E-state index is 11.4. The molecule has 2 N–H and O–H groups in total. The van der Waals surface area contributed by atoms with Crippen LogP contribution in [0, 0.1) is 0 Å². The summed E-state index contributed by atoms with van der Waals surface area (Å²) >= 11 is 0. The van der Waals surface area contributed by atoms with Crippen LogP contribution in [0.2, 0.25) is 0 Å². The Labute approximate surface area is 127 Å². The Morgan fingerprint density at radius 2 is 1.68 bits per heavy atom. The predicted octanol–water partition coefficient (Wildman–Crippen LogP) is 3.26. The molecule has 2 rings (SSSR count). The van der Waals surface area contributed by atoms with Crippen LogP contribution in [0.25, 0.3) is 12.2 Å². The van der Waals surface area contributed by atoms with Gasteiger partial charge in [-0.1, -0.05) is 42.5 Å². The van der Waals surface area contributed by atoms with Gasteiger partial charge in [0.1, 0.15) is 11.3 Å². The Morgan fingerprint density at radius 3 is 2.23 bits per heavy atom. The second-order valence-electron chi connectivity index (χ2n) is 4.50. The van der Waals surface area contributed by atoms with Crippen LogP contribution in [-0.2, 0) is 0 Å². The number of carboxylic acid groups (broad SMARTS) is 2. The maximum atomic E-state index is 11.4. The lowest BCUT2D eigenvalue weighted by Crippen LogP contribution is -2.07. The second kappa shape index (κ2) is 6.58. The van der Waals surface area contributed by atoms with Gasteiger partial charge in [0.05, 0.1) is 12.7 Å². The molecule has 22 heavy (non-hydrogen) atoms. The number of hydrogen-bond donors (Lipinski definition) is 2. The van der Waals surface area contributed by atoms with Crippen LogP contribution in [0.3, 0.4) is 0 Å². The predicted molar refractivity (Wildman–Crippen MR) is 82.3 cm³/mol. The minimum absolute atomic E-state index is 0.0140. The third-order valence-corrected chi connectivity index (χ3v) is 3.07. The normalized spacial score (nSPS) is 10.6. The van der Waals surface area contributed by atoms with Crippen LogP contribution < -0.4 is 4.74 Å². The standard InChI is InChI=1S/C17H14O5/c1-22-14-10-13(16(18)19)9-12(15(14)17(20)21)8-7-11-5-3-2-4-6-11/h2-10H,1H3,(H,18,19)(H,20,21). The molecule has 2 aromatic rings. The molecule has 0 saturated carbocycles. The van der Waals surface area contributed by atoms with Crippen LogP contribution in [0.15, 0.2) is 42.5 Å². The molecule has 0 aliphatic carbocycles. The molecule has 5 nitrogen and oxygen atoms in total. The fourth-order valence-electron chi connectivity index (χ4n) is 2.03. The van der Waals surface area contributed by atoms with E-state index in [1.165, 1.54) is 19.2 Å². The van der Waals surface area contributed by atoms with Gasteiger partial charge < -0.3 is 14.9 Å². The average Bonchev–Trinajstić information content (AvgIpc) is 2.52. The number of carboxylic acids is 2. The summed E-state index contributed by atoms with van der Waals surface area (Å²) in [5.74, 6) is -2.31. The zero-order valence-corrected chi connectivity index (χ0v) is 11.8. The maximum Gasteiger partial charge on any atom is 0.340 e. The molecule has 0 aromatic heterocycles. The zero-order chi connectivity index (χ0) is 16.1. The quantitative estimate of drug-likeness (QED) is 0.828. The lowest BCUT2D eigenvalue weighted by atomic mass is 10.0. The van der Waals surface area contributed by atoms with E-state index in [9.17, 15) is 14.7 Å². The van der Waals surface area contributed by atoms with Crippen molar-refractivity contribution in [1.29, 1.82) is 0 Å². The third kappa shape index (κ3) is 3.32. The summed E-state index contributed by atoms with van der Waals surface area (Å²) in [7, 11) is 1.30. The van der Waals surface area contributed by atoms with E-state index in [1.54, 1.807) is 12.2 Å². The van der Waals surface area contributed by atoms with Crippen molar-refractivity contribution in [3.05, 3.63) is 64.7 Å². The fraction of sp³-hybridized carbons (Fsp3) is 0.0588. The van der Waals surface area contributed by atoms with E-state index in [0.29, 0.717) is 0 Å². The van der Waals surface area contributed by atoms with Crippen molar-refractivity contribution in [3.8, 4) is 5.75 Å². The third-order valence-electron chi connectivity index (χ3n) is 3.07. The minimum Gasteiger partial charge on any atom is -0.496 e. The number of rotatable bonds is 5. The second-order valence-corrected chi connectivity index (χ2v) is 4.50. The highest BCUT2D eigenvalue weighted by Gasteiger charge is 2.18. The fourth-order valence-corrected chi connectivity index (χ4v) is 2.03. The summed E-state index contributed by atoms with van der Waals surface area (Å²) in [4.78, 5) is 22.6. The molecule has 0 spiro atoms. The van der Waals surface area contributed by atoms with Crippen molar-refractivity contribution in [2.24, 2.45) is 0 Å². The number of methoxy groups -OCH3 is 1. The van der Waals surface area contributed by atoms with Gasteiger partial charge >= 0.3 is 11.9 Å². The Hall–Kier alpha value is -3.08. The highest BCUT2D eigenvalue weighted by atomic mass is 16.5. The molecule has 0 aliphatic rings. The highest BCUT2D eigenvalue weighted by Crippen LogP contribution is 2.26. The molecule has 0 amide bonds. The largest absolute Gasteiger partial charge is 0.496 e. The van der Waals surface area contributed by atoms with Gasteiger partial charge in [-0.25, -0.2) is 9.59 Å². The van der Waals surface area contributed by atoms with E-state index in [2.05, 4.69) is 0 Å². The molecule has 0 aliphatic heterocycles. The van der Waals surface area contributed by atoms with Gasteiger partial charge in [-0.3, -0.25) is 0 Å². The van der Waals surface area contributed by atoms with Crippen LogP contribution >= 0.6 is 0 Å². The highest BCUT2D eigenvalue weighted by molar-refractivity contribution is 5.99. The van der Waals surface area contributed by atoms with Gasteiger partial charge in [-0.05, 0) is 23.3 Å². The summed E-state index contributed by atoms with van der Waals surface area (Å²) in [5, 5.41) is 18.5. The summed E-state index contributed by atoms with van der Waals surface area (Å²) in [6.45, 7) is 0. The summed E-state index contributed by atoms with van der Waals surface area (Å²) in [5.41, 5.74) is 1.04. The van der Waals surface area contributed by atoms with Gasteiger partial charge in [0.2, 0.25) is 0 Å². The Balaban J connectivity index is 2.56. The Kier molecular flexibility index (Phi) is 4.58. The summed E-state index contributed by atoms with van der Waals surface area (Å²) < 4.78 is 5.01. The van der Waals surface area contributed by atoms with Gasteiger partial charge in [-0.2, -0.15) is 0 Å². The monoisotopic (exact) mass is 298 g/mol. The SMILES string of the molecule is COc1cc(C(=O)O)cc(C=Cc2ccccc2)c1C(=O)O. The van der Waals surface area contributed by atoms with Gasteiger partial charge in [0.25, 0.3) is 0 Å². The van der Waals surface area contributed by atoms with E-state index in [1.807, 2.05) is 30.3 Å². The first-order valence-corrected chi connectivity index (χ1v) is 6.44. The number of aromatic carboxylic acids is 2. The van der Waals surface area contributed by atoms with E-state index in [-0.39, 0.29) is 22.4 Å². The molecule has 0 atom stereocenters. The van der Waals surface area contributed by atoms with E-state index in [4.69, 9.17) is 9.84 Å². The molecular weight excluding hydrogens is 284 g/mol. The summed E-state index contributed by atoms with van der Waals surface area (Å²) in [6.07, 6.45) is 3.28. The van der Waals surface area contributed by atoms with Crippen LogP contribution in [0.5, 0.6) is 5.75 Å². The van der Waals surface area contributed by atoms with E-state index < -0.39 is 11.9 Å². The van der Waals surface area contributed by atoms with Crippen LogP contribution in [0.4, 0.5) is 0 Å². The van der Waals surface area contributed by atoms with Gasteiger partial charge in [0, 0.05) is 0 Å². The van der Waals surface area contributed by atoms with Gasteiger partial charge in [-0.15, -0.1) is 0 Å². The minimum atomic E-state index is -1.18. The van der Waals surface area contributed by atoms with Gasteiger partial charge in [0.15, 0.2) is 0 Å². The molecule has 2 aromatic carbocycles. The number of benzene rings is 2. The number of hydrogen-bond acceptors (Lipinski definition) is 3. The average molecular weight is 298 g/mol. The zero-order valence-electron chi connectivity index (χ0n) is 11.8. The molecule has 0 radical (unpaired) electrons. The molecule has 0 unspecified atom stereocenters. The van der Waals surface area contributed by atoms with E-state index >= 15 is 0 Å². The summed E-state index contributed by atoms with van der Waals surface area (Å²) in [6, 6.07) is 11.8. The number of carbonyl (C=O) groups is 2. The Morgan fingerprint density at radius 1 is 1.00 bits per heavy atom. The number of ether oxygens (including phenoxy) is 1. The first kappa shape index (κ1) is 15.3. The Bertz CT molecular complexity index is 732. The molecule has 112 valence electrons. The van der Waals surface area contributed by atoms with Crippen molar-refractivity contribution in [2.75, 3.05) is 7.11 Å². The molecule has 0 fully saturated rings. The lowest BCUT2D eigenvalue weighted by Gasteiger charge is -2.10. The molecule has 5 heteroatoms. The first-order valence-electron chi connectivity index (χ1n) is 6.44. The van der Waals surface area contributed by atoms with Crippen molar-refractivity contribution in [3.63, 3.8) is 0 Å². The van der Waals surface area contributed by atoms with Crippen LogP contribution in [0.1, 0.15) is 31.8 Å². The first-order chi connectivity index (χ1) is 10.5. The molecule has 0 saturated heterocycles. The topological polar surface area (TPSA) is 83.8 Å². The van der Waals surface area contributed by atoms with Crippen molar-refractivity contribution in [2.45, 2.75) is 0 Å². The molecular formula is C17H14O5. The van der Waals surface area contributed by atoms with Crippen molar-refractivity contribution < 1.29 is 24.5 Å². The van der Waals surface area contributed by atoms with E-state index in [0.717, 1.165) is 5.56 Å².